The van der Waals surface area contributed by atoms with Crippen molar-refractivity contribution >= 4 is 11.6 Å². The van der Waals surface area contributed by atoms with E-state index in [9.17, 15) is 19.3 Å². The Balaban J connectivity index is 3.14. The van der Waals surface area contributed by atoms with Gasteiger partial charge in [0.1, 0.15) is 5.82 Å². The molecular weight excluding hydrogens is 219 g/mol. The molecule has 86 valence electrons. The van der Waals surface area contributed by atoms with Crippen molar-refractivity contribution in [2.24, 2.45) is 0 Å². The highest BCUT2D eigenvalue weighted by Gasteiger charge is 2.17. The maximum atomic E-state index is 13.0. The first-order valence-electron chi connectivity index (χ1n) is 4.23. The standard InChI is InChI=1S/C9H9FN2O4/c1-11(16-2)9(13)6-3-7(10)5-8(4-6)12(14)15/h3-5H,1-2H3. The van der Waals surface area contributed by atoms with E-state index >= 15 is 0 Å². The van der Waals surface area contributed by atoms with Crippen LogP contribution in [0, 0.1) is 15.9 Å². The number of carbonyl (C=O) groups excluding carboxylic acids is 1. The van der Waals surface area contributed by atoms with Crippen LogP contribution in [-0.4, -0.2) is 30.1 Å². The van der Waals surface area contributed by atoms with Crippen LogP contribution in [0.1, 0.15) is 10.4 Å². The Morgan fingerprint density at radius 2 is 2.12 bits per heavy atom. The second-order valence-corrected chi connectivity index (χ2v) is 2.94. The predicted molar refractivity (Wildman–Crippen MR) is 52.2 cm³/mol. The largest absolute Gasteiger partial charge is 0.277 e. The summed E-state index contributed by atoms with van der Waals surface area (Å²) in [6.07, 6.45) is 0. The molecule has 1 rings (SSSR count). The van der Waals surface area contributed by atoms with Crippen LogP contribution >= 0.6 is 0 Å². The zero-order valence-corrected chi connectivity index (χ0v) is 8.64. The number of nitro benzene ring substituents is 1. The zero-order valence-electron chi connectivity index (χ0n) is 8.64. The Labute approximate surface area is 90.3 Å². The van der Waals surface area contributed by atoms with Crippen molar-refractivity contribution in [2.75, 3.05) is 14.2 Å². The average molecular weight is 228 g/mol. The lowest BCUT2D eigenvalue weighted by atomic mass is 10.2. The number of nitrogens with zero attached hydrogens (tertiary/aromatic N) is 2. The Morgan fingerprint density at radius 1 is 1.50 bits per heavy atom. The van der Waals surface area contributed by atoms with Gasteiger partial charge in [0.2, 0.25) is 0 Å². The molecule has 0 saturated heterocycles. The number of amides is 1. The number of benzene rings is 1. The predicted octanol–water partition coefficient (Wildman–Crippen LogP) is 1.37. The third kappa shape index (κ3) is 2.51. The summed E-state index contributed by atoms with van der Waals surface area (Å²) in [5, 5.41) is 11.3. The van der Waals surface area contributed by atoms with Gasteiger partial charge in [-0.3, -0.25) is 19.7 Å². The molecule has 0 radical (unpaired) electrons. The average Bonchev–Trinajstić information content (AvgIpc) is 2.26. The third-order valence-electron chi connectivity index (χ3n) is 1.90. The number of halogens is 1. The second-order valence-electron chi connectivity index (χ2n) is 2.94. The molecule has 0 aliphatic rings. The fourth-order valence-corrected chi connectivity index (χ4v) is 1.07. The minimum Gasteiger partial charge on any atom is -0.274 e. The molecule has 0 aromatic heterocycles. The summed E-state index contributed by atoms with van der Waals surface area (Å²) < 4.78 is 13.0. The van der Waals surface area contributed by atoms with Gasteiger partial charge >= 0.3 is 0 Å². The molecule has 0 aliphatic carbocycles. The van der Waals surface area contributed by atoms with Crippen LogP contribution in [-0.2, 0) is 4.84 Å². The second kappa shape index (κ2) is 4.67. The van der Waals surface area contributed by atoms with Gasteiger partial charge in [0.15, 0.2) is 0 Å². The molecule has 0 unspecified atom stereocenters. The summed E-state index contributed by atoms with van der Waals surface area (Å²) in [5.74, 6) is -1.51. The molecular formula is C9H9FN2O4. The Bertz CT molecular complexity index is 436. The summed E-state index contributed by atoms with van der Waals surface area (Å²) in [4.78, 5) is 25.8. The highest BCUT2D eigenvalue weighted by atomic mass is 19.1. The number of carbonyl (C=O) groups is 1. The van der Waals surface area contributed by atoms with Crippen LogP contribution in [0.2, 0.25) is 0 Å². The molecule has 1 aromatic rings. The van der Waals surface area contributed by atoms with E-state index in [0.29, 0.717) is 0 Å². The minimum atomic E-state index is -0.845. The van der Waals surface area contributed by atoms with Gasteiger partial charge in [-0.05, 0) is 6.07 Å². The van der Waals surface area contributed by atoms with Gasteiger partial charge in [0, 0.05) is 13.1 Å². The van der Waals surface area contributed by atoms with Crippen molar-refractivity contribution < 1.29 is 18.9 Å². The Kier molecular flexibility index (Phi) is 3.51. The highest BCUT2D eigenvalue weighted by Crippen LogP contribution is 2.17. The third-order valence-corrected chi connectivity index (χ3v) is 1.90. The lowest BCUT2D eigenvalue weighted by molar-refractivity contribution is -0.385. The summed E-state index contributed by atoms with van der Waals surface area (Å²) in [5.41, 5.74) is -0.621. The van der Waals surface area contributed by atoms with Crippen LogP contribution in [0.5, 0.6) is 0 Å². The quantitative estimate of drug-likeness (QED) is 0.578. The van der Waals surface area contributed by atoms with Crippen molar-refractivity contribution in [3.63, 3.8) is 0 Å². The van der Waals surface area contributed by atoms with Gasteiger partial charge < -0.3 is 0 Å². The normalized spacial score (nSPS) is 9.94. The first-order chi connectivity index (χ1) is 7.45. The lowest BCUT2D eigenvalue weighted by Crippen LogP contribution is -2.25. The molecule has 1 amide bonds. The highest BCUT2D eigenvalue weighted by molar-refractivity contribution is 5.94. The maximum absolute atomic E-state index is 13.0. The van der Waals surface area contributed by atoms with Gasteiger partial charge in [-0.25, -0.2) is 9.45 Å². The lowest BCUT2D eigenvalue weighted by Gasteiger charge is -2.13. The van der Waals surface area contributed by atoms with E-state index < -0.39 is 22.3 Å². The van der Waals surface area contributed by atoms with E-state index in [0.717, 1.165) is 23.3 Å². The molecule has 7 heteroatoms. The molecule has 0 N–H and O–H groups in total. The van der Waals surface area contributed by atoms with Crippen LogP contribution in [0.4, 0.5) is 10.1 Å². The molecule has 0 atom stereocenters. The van der Waals surface area contributed by atoms with Gasteiger partial charge in [-0.2, -0.15) is 0 Å². The minimum absolute atomic E-state index is 0.143. The first kappa shape index (κ1) is 12.1. The van der Waals surface area contributed by atoms with Crippen LogP contribution in [0.25, 0.3) is 0 Å². The summed E-state index contributed by atoms with van der Waals surface area (Å²) >= 11 is 0. The van der Waals surface area contributed by atoms with Crippen molar-refractivity contribution in [3.05, 3.63) is 39.7 Å². The number of hydroxylamine groups is 2. The first-order valence-corrected chi connectivity index (χ1v) is 4.23. The number of hydrogen-bond acceptors (Lipinski definition) is 4. The summed E-state index contributed by atoms with van der Waals surface area (Å²) in [6, 6.07) is 2.63. The van der Waals surface area contributed by atoms with E-state index in [1.54, 1.807) is 0 Å². The van der Waals surface area contributed by atoms with Crippen LogP contribution in [0.3, 0.4) is 0 Å². The van der Waals surface area contributed by atoms with E-state index in [4.69, 9.17) is 0 Å². The molecule has 0 aliphatic heterocycles. The molecule has 16 heavy (non-hydrogen) atoms. The Morgan fingerprint density at radius 3 is 2.62 bits per heavy atom. The number of hydrogen-bond donors (Lipinski definition) is 0. The molecule has 6 nitrogen and oxygen atoms in total. The fraction of sp³-hybridized carbons (Fsp3) is 0.222. The topological polar surface area (TPSA) is 72.7 Å². The van der Waals surface area contributed by atoms with Gasteiger partial charge in [-0.1, -0.05) is 0 Å². The van der Waals surface area contributed by atoms with E-state index in [-0.39, 0.29) is 5.56 Å². The monoisotopic (exact) mass is 228 g/mol. The molecule has 0 spiro atoms. The summed E-state index contributed by atoms with van der Waals surface area (Å²) in [7, 11) is 2.57. The van der Waals surface area contributed by atoms with Crippen LogP contribution < -0.4 is 0 Å². The van der Waals surface area contributed by atoms with Gasteiger partial charge in [-0.15, -0.1) is 0 Å². The van der Waals surface area contributed by atoms with Crippen molar-refractivity contribution in [1.82, 2.24) is 5.06 Å². The fourth-order valence-electron chi connectivity index (χ4n) is 1.07. The van der Waals surface area contributed by atoms with E-state index in [1.807, 2.05) is 0 Å². The van der Waals surface area contributed by atoms with E-state index in [1.165, 1.54) is 14.2 Å². The van der Waals surface area contributed by atoms with Crippen molar-refractivity contribution in [2.45, 2.75) is 0 Å². The number of nitro groups is 1. The number of rotatable bonds is 3. The maximum Gasteiger partial charge on any atom is 0.277 e. The van der Waals surface area contributed by atoms with Gasteiger partial charge in [0.25, 0.3) is 11.6 Å². The molecule has 1 aromatic carbocycles. The summed E-state index contributed by atoms with van der Waals surface area (Å²) in [6.45, 7) is 0. The molecule has 0 fully saturated rings. The van der Waals surface area contributed by atoms with E-state index in [2.05, 4.69) is 4.84 Å². The SMILES string of the molecule is CON(C)C(=O)c1cc(F)cc([N+](=O)[O-])c1. The number of non-ortho nitro benzene ring substituents is 1. The molecule has 0 heterocycles. The zero-order chi connectivity index (χ0) is 12.3. The van der Waals surface area contributed by atoms with Crippen molar-refractivity contribution in [3.8, 4) is 0 Å². The molecule has 0 saturated carbocycles. The van der Waals surface area contributed by atoms with Gasteiger partial charge in [0.05, 0.1) is 23.7 Å². The molecule has 0 bridgehead atoms. The van der Waals surface area contributed by atoms with Crippen LogP contribution in [0.15, 0.2) is 18.2 Å². The Hall–Kier alpha value is -2.02. The smallest absolute Gasteiger partial charge is 0.274 e. The van der Waals surface area contributed by atoms with Crippen molar-refractivity contribution in [1.29, 1.82) is 0 Å².